The third kappa shape index (κ3) is 4.17. The Hall–Kier alpha value is -2.31. The summed E-state index contributed by atoms with van der Waals surface area (Å²) in [7, 11) is 0. The number of halogens is 1. The second-order valence-electron chi connectivity index (χ2n) is 6.91. The van der Waals surface area contributed by atoms with E-state index in [9.17, 15) is 9.18 Å². The van der Waals surface area contributed by atoms with Crippen molar-refractivity contribution in [2.75, 3.05) is 18.1 Å². The zero-order valence-electron chi connectivity index (χ0n) is 15.2. The summed E-state index contributed by atoms with van der Waals surface area (Å²) in [6.07, 6.45) is 2.21. The Bertz CT molecular complexity index is 948. The van der Waals surface area contributed by atoms with Crippen LogP contribution in [-0.4, -0.2) is 30.1 Å². The molecule has 2 aromatic carbocycles. The highest BCUT2D eigenvalue weighted by molar-refractivity contribution is 7.22. The van der Waals surface area contributed by atoms with E-state index >= 15 is 0 Å². The minimum absolute atomic E-state index is 0.0379. The van der Waals surface area contributed by atoms with E-state index in [4.69, 9.17) is 4.74 Å². The van der Waals surface area contributed by atoms with Crippen LogP contribution in [-0.2, 0) is 16.0 Å². The number of rotatable bonds is 5. The van der Waals surface area contributed by atoms with Crippen molar-refractivity contribution in [2.24, 2.45) is 0 Å². The van der Waals surface area contributed by atoms with Crippen LogP contribution in [0, 0.1) is 12.7 Å². The highest BCUT2D eigenvalue weighted by Gasteiger charge is 2.26. The molecule has 27 heavy (non-hydrogen) atoms. The van der Waals surface area contributed by atoms with Crippen LogP contribution in [0.15, 0.2) is 42.5 Å². The van der Waals surface area contributed by atoms with E-state index in [0.29, 0.717) is 11.7 Å². The normalized spacial score (nSPS) is 16.7. The first-order valence-corrected chi connectivity index (χ1v) is 9.94. The van der Waals surface area contributed by atoms with E-state index in [1.807, 2.05) is 19.1 Å². The number of ether oxygens (including phenoxy) is 1. The molecule has 0 radical (unpaired) electrons. The minimum Gasteiger partial charge on any atom is -0.376 e. The van der Waals surface area contributed by atoms with Gasteiger partial charge in [0.15, 0.2) is 5.13 Å². The van der Waals surface area contributed by atoms with Crippen molar-refractivity contribution in [2.45, 2.75) is 32.3 Å². The highest BCUT2D eigenvalue weighted by atomic mass is 32.1. The van der Waals surface area contributed by atoms with Gasteiger partial charge in [-0.05, 0) is 55.2 Å². The molecule has 1 atom stereocenters. The molecule has 0 bridgehead atoms. The quantitative estimate of drug-likeness (QED) is 0.650. The number of nitrogens with zero attached hydrogens (tertiary/aromatic N) is 2. The lowest BCUT2D eigenvalue weighted by Gasteiger charge is -2.23. The van der Waals surface area contributed by atoms with Gasteiger partial charge < -0.3 is 4.74 Å². The number of benzene rings is 2. The summed E-state index contributed by atoms with van der Waals surface area (Å²) >= 11 is 1.52. The van der Waals surface area contributed by atoms with Crippen LogP contribution in [0.1, 0.15) is 24.0 Å². The van der Waals surface area contributed by atoms with Crippen molar-refractivity contribution < 1.29 is 13.9 Å². The number of aromatic nitrogens is 1. The molecule has 1 saturated heterocycles. The van der Waals surface area contributed by atoms with Gasteiger partial charge in [0.2, 0.25) is 5.91 Å². The highest BCUT2D eigenvalue weighted by Crippen LogP contribution is 2.31. The van der Waals surface area contributed by atoms with Gasteiger partial charge >= 0.3 is 0 Å². The molecule has 6 heteroatoms. The molecular formula is C21H21FN2O2S. The Morgan fingerprint density at radius 2 is 2.11 bits per heavy atom. The van der Waals surface area contributed by atoms with Gasteiger partial charge in [-0.2, -0.15) is 0 Å². The zero-order chi connectivity index (χ0) is 18.8. The number of carbonyl (C=O) groups excluding carboxylic acids is 1. The lowest BCUT2D eigenvalue weighted by molar-refractivity contribution is -0.118. The molecule has 140 valence electrons. The van der Waals surface area contributed by atoms with Crippen molar-refractivity contribution >= 4 is 32.6 Å². The maximum atomic E-state index is 13.1. The average Bonchev–Trinajstić information content (AvgIpc) is 3.30. The summed E-state index contributed by atoms with van der Waals surface area (Å²) < 4.78 is 20.0. The molecule has 2 heterocycles. The number of thiazole rings is 1. The fourth-order valence-corrected chi connectivity index (χ4v) is 4.38. The Balaban J connectivity index is 1.62. The molecule has 4 nitrogen and oxygen atoms in total. The number of fused-ring (bicyclic) bond motifs is 1. The van der Waals surface area contributed by atoms with E-state index < -0.39 is 0 Å². The summed E-state index contributed by atoms with van der Waals surface area (Å²) in [4.78, 5) is 19.5. The summed E-state index contributed by atoms with van der Waals surface area (Å²) in [5.41, 5.74) is 2.85. The third-order valence-corrected chi connectivity index (χ3v) is 5.78. The first kappa shape index (κ1) is 18.1. The van der Waals surface area contributed by atoms with Gasteiger partial charge in [0.05, 0.1) is 29.3 Å². The van der Waals surface area contributed by atoms with Crippen molar-refractivity contribution in [1.82, 2.24) is 4.98 Å². The van der Waals surface area contributed by atoms with Crippen molar-refractivity contribution in [3.8, 4) is 0 Å². The molecule has 3 aromatic rings. The SMILES string of the molecule is Cc1ccc2nc(N(CC3CCCO3)C(=O)Cc3ccc(F)cc3)sc2c1. The molecule has 1 aromatic heterocycles. The van der Waals surface area contributed by atoms with E-state index in [1.165, 1.54) is 29.0 Å². The smallest absolute Gasteiger partial charge is 0.233 e. The van der Waals surface area contributed by atoms with Gasteiger partial charge in [-0.15, -0.1) is 0 Å². The monoisotopic (exact) mass is 384 g/mol. The molecular weight excluding hydrogens is 363 g/mol. The van der Waals surface area contributed by atoms with Crippen molar-refractivity contribution in [1.29, 1.82) is 0 Å². The maximum absolute atomic E-state index is 13.1. The molecule has 1 amide bonds. The fraction of sp³-hybridized carbons (Fsp3) is 0.333. The Morgan fingerprint density at radius 1 is 1.30 bits per heavy atom. The van der Waals surface area contributed by atoms with Gasteiger partial charge in [0.25, 0.3) is 0 Å². The number of hydrogen-bond donors (Lipinski definition) is 0. The summed E-state index contributed by atoms with van der Waals surface area (Å²) in [5.74, 6) is -0.350. The molecule has 0 spiro atoms. The summed E-state index contributed by atoms with van der Waals surface area (Å²) in [5, 5.41) is 0.693. The number of aryl methyl sites for hydroxylation is 1. The van der Waals surface area contributed by atoms with Gasteiger partial charge in [-0.3, -0.25) is 9.69 Å². The number of hydrogen-bond acceptors (Lipinski definition) is 4. The van der Waals surface area contributed by atoms with Crippen molar-refractivity contribution in [3.63, 3.8) is 0 Å². The first-order chi connectivity index (χ1) is 13.1. The molecule has 0 N–H and O–H groups in total. The Labute approximate surface area is 161 Å². The molecule has 1 aliphatic rings. The number of amides is 1. The summed E-state index contributed by atoms with van der Waals surface area (Å²) in [6.45, 7) is 3.28. The van der Waals surface area contributed by atoms with Gasteiger partial charge in [-0.25, -0.2) is 9.37 Å². The molecule has 4 rings (SSSR count). The standard InChI is InChI=1S/C21H21FN2O2S/c1-14-4-9-18-19(11-14)27-21(23-18)24(13-17-3-2-10-26-17)20(25)12-15-5-7-16(22)8-6-15/h4-9,11,17H,2-3,10,12-13H2,1H3. The molecule has 0 aliphatic carbocycles. The van der Waals surface area contributed by atoms with Crippen LogP contribution < -0.4 is 4.90 Å². The average molecular weight is 384 g/mol. The second-order valence-corrected chi connectivity index (χ2v) is 7.92. The van der Waals surface area contributed by atoms with Crippen LogP contribution >= 0.6 is 11.3 Å². The van der Waals surface area contributed by atoms with Crippen molar-refractivity contribution in [3.05, 3.63) is 59.4 Å². The minimum atomic E-state index is -0.302. The fourth-order valence-electron chi connectivity index (χ4n) is 3.29. The van der Waals surface area contributed by atoms with E-state index in [-0.39, 0.29) is 24.2 Å². The predicted octanol–water partition coefficient (Wildman–Crippen LogP) is 4.50. The number of anilines is 1. The van der Waals surface area contributed by atoms with Crippen LogP contribution in [0.25, 0.3) is 10.2 Å². The summed E-state index contributed by atoms with van der Waals surface area (Å²) in [6, 6.07) is 12.2. The Morgan fingerprint density at radius 3 is 2.85 bits per heavy atom. The molecule has 1 fully saturated rings. The van der Waals surface area contributed by atoms with Gasteiger partial charge in [-0.1, -0.05) is 29.5 Å². The van der Waals surface area contributed by atoms with Gasteiger partial charge in [0, 0.05) is 6.61 Å². The van der Waals surface area contributed by atoms with Gasteiger partial charge in [0.1, 0.15) is 5.82 Å². The van der Waals surface area contributed by atoms with E-state index in [0.717, 1.165) is 35.2 Å². The lowest BCUT2D eigenvalue weighted by atomic mass is 10.1. The zero-order valence-corrected chi connectivity index (χ0v) is 16.0. The lowest BCUT2D eigenvalue weighted by Crippen LogP contribution is -2.38. The molecule has 1 aliphatic heterocycles. The maximum Gasteiger partial charge on any atom is 0.233 e. The Kier molecular flexibility index (Phi) is 5.18. The topological polar surface area (TPSA) is 42.4 Å². The third-order valence-electron chi connectivity index (χ3n) is 4.74. The largest absolute Gasteiger partial charge is 0.376 e. The first-order valence-electron chi connectivity index (χ1n) is 9.12. The van der Waals surface area contributed by atoms with Crippen LogP contribution in [0.2, 0.25) is 0 Å². The van der Waals surface area contributed by atoms with Crippen LogP contribution in [0.3, 0.4) is 0 Å². The molecule has 1 unspecified atom stereocenters. The number of carbonyl (C=O) groups is 1. The van der Waals surface area contributed by atoms with E-state index in [1.54, 1.807) is 17.0 Å². The second kappa shape index (κ2) is 7.74. The predicted molar refractivity (Wildman–Crippen MR) is 106 cm³/mol. The van der Waals surface area contributed by atoms with Crippen LogP contribution in [0.5, 0.6) is 0 Å². The molecule has 0 saturated carbocycles. The van der Waals surface area contributed by atoms with Crippen LogP contribution in [0.4, 0.5) is 9.52 Å². The van der Waals surface area contributed by atoms with E-state index in [2.05, 4.69) is 11.1 Å².